The zero-order chi connectivity index (χ0) is 27.5. The van der Waals surface area contributed by atoms with Gasteiger partial charge in [-0.3, -0.25) is 19.2 Å². The number of hydrogen-bond acceptors (Lipinski definition) is 8. The summed E-state index contributed by atoms with van der Waals surface area (Å²) < 4.78 is 38.6. The third kappa shape index (κ3) is 7.17. The summed E-state index contributed by atoms with van der Waals surface area (Å²) in [6.07, 6.45) is 2.97. The monoisotopic (exact) mass is 538 g/mol. The van der Waals surface area contributed by atoms with Crippen molar-refractivity contribution in [2.24, 2.45) is 5.10 Å². The molecule has 11 nitrogen and oxygen atoms in total. The molecule has 1 N–H and O–H groups in total. The number of anilines is 1. The number of hydrogen-bond donors (Lipinski definition) is 1. The van der Waals surface area contributed by atoms with E-state index in [9.17, 15) is 23.3 Å². The quantitative estimate of drug-likeness (QED) is 0.151. The maximum absolute atomic E-state index is 13.4. The molecule has 0 saturated heterocycles. The number of nitrogens with zero attached hydrogens (tertiary/aromatic N) is 3. The van der Waals surface area contributed by atoms with Gasteiger partial charge in [0.05, 0.1) is 28.3 Å². The fourth-order valence-corrected chi connectivity index (χ4v) is 4.72. The first-order chi connectivity index (χ1) is 18.3. The zero-order valence-corrected chi connectivity index (χ0v) is 21.3. The normalized spacial score (nSPS) is 11.1. The van der Waals surface area contributed by atoms with Crippen molar-refractivity contribution in [3.05, 3.63) is 101 Å². The number of carbonyl (C=O) groups is 1. The highest BCUT2D eigenvalue weighted by Gasteiger charge is 2.28. The average Bonchev–Trinajstić information content (AvgIpc) is 2.92. The predicted octanol–water partition coefficient (Wildman–Crippen LogP) is 3.90. The number of nitrogens with one attached hydrogen (secondary N) is 1. The molecule has 38 heavy (non-hydrogen) atoms. The van der Waals surface area contributed by atoms with E-state index in [1.165, 1.54) is 48.7 Å². The molecule has 0 unspecified atom stereocenters. The average molecular weight is 539 g/mol. The molecule has 1 amide bonds. The smallest absolute Gasteiger partial charge is 0.271 e. The Hall–Kier alpha value is -4.71. The number of amides is 1. The van der Waals surface area contributed by atoms with Crippen LogP contribution in [0.15, 0.2) is 95.4 Å². The van der Waals surface area contributed by atoms with Gasteiger partial charge in [0.25, 0.3) is 21.6 Å². The van der Waals surface area contributed by atoms with Gasteiger partial charge in [0, 0.05) is 12.1 Å². The van der Waals surface area contributed by atoms with Crippen molar-refractivity contribution in [3.8, 4) is 11.5 Å². The Labute approximate surface area is 220 Å². The van der Waals surface area contributed by atoms with Gasteiger partial charge in [-0.05, 0) is 48.9 Å². The molecule has 0 saturated carbocycles. The van der Waals surface area contributed by atoms with Crippen LogP contribution in [0.3, 0.4) is 0 Å². The van der Waals surface area contributed by atoms with Crippen molar-refractivity contribution in [1.29, 1.82) is 0 Å². The molecular weight excluding hydrogens is 512 g/mol. The lowest BCUT2D eigenvalue weighted by Gasteiger charge is -2.23. The van der Waals surface area contributed by atoms with E-state index in [1.54, 1.807) is 30.3 Å². The summed E-state index contributed by atoms with van der Waals surface area (Å²) in [6.45, 7) is 5.48. The van der Waals surface area contributed by atoms with E-state index in [0.29, 0.717) is 30.3 Å². The van der Waals surface area contributed by atoms with Crippen molar-refractivity contribution in [1.82, 2.24) is 5.43 Å². The summed E-state index contributed by atoms with van der Waals surface area (Å²) in [5.74, 6) is 0.241. The minimum atomic E-state index is -4.23. The molecule has 3 rings (SSSR count). The van der Waals surface area contributed by atoms with Gasteiger partial charge in [0.2, 0.25) is 0 Å². The lowest BCUT2D eigenvalue weighted by molar-refractivity contribution is -0.384. The molecule has 3 aromatic rings. The first-order valence-electron chi connectivity index (χ1n) is 11.4. The Morgan fingerprint density at radius 3 is 2.53 bits per heavy atom. The summed E-state index contributed by atoms with van der Waals surface area (Å²) in [4.78, 5) is 23.3. The van der Waals surface area contributed by atoms with Crippen LogP contribution in [0.5, 0.6) is 11.5 Å². The second kappa shape index (κ2) is 13.0. The molecule has 198 valence electrons. The molecule has 0 aromatic heterocycles. The Morgan fingerprint density at radius 2 is 1.84 bits per heavy atom. The summed E-state index contributed by atoms with van der Waals surface area (Å²) in [7, 11) is -4.23. The van der Waals surface area contributed by atoms with Crippen molar-refractivity contribution < 1.29 is 27.6 Å². The fourth-order valence-electron chi connectivity index (χ4n) is 3.28. The van der Waals surface area contributed by atoms with E-state index in [1.807, 2.05) is 6.92 Å². The van der Waals surface area contributed by atoms with E-state index in [-0.39, 0.29) is 16.3 Å². The van der Waals surface area contributed by atoms with Crippen LogP contribution in [-0.2, 0) is 14.8 Å². The van der Waals surface area contributed by atoms with Crippen LogP contribution in [0, 0.1) is 10.1 Å². The second-order valence-corrected chi connectivity index (χ2v) is 9.50. The minimum Gasteiger partial charge on any atom is -0.490 e. The number of nitro groups is 1. The summed E-state index contributed by atoms with van der Waals surface area (Å²) in [6, 6.07) is 17.5. The molecule has 0 bridgehead atoms. The summed E-state index contributed by atoms with van der Waals surface area (Å²) in [5.41, 5.74) is 2.53. The van der Waals surface area contributed by atoms with E-state index in [0.717, 1.165) is 10.4 Å². The molecule has 0 heterocycles. The van der Waals surface area contributed by atoms with Gasteiger partial charge in [-0.15, -0.1) is 0 Å². The molecule has 3 aromatic carbocycles. The van der Waals surface area contributed by atoms with Gasteiger partial charge >= 0.3 is 0 Å². The van der Waals surface area contributed by atoms with Crippen LogP contribution in [0.1, 0.15) is 12.5 Å². The van der Waals surface area contributed by atoms with Gasteiger partial charge in [0.1, 0.15) is 13.2 Å². The predicted molar refractivity (Wildman–Crippen MR) is 143 cm³/mol. The second-order valence-electron chi connectivity index (χ2n) is 7.63. The number of hydrazone groups is 1. The van der Waals surface area contributed by atoms with Crippen LogP contribution in [-0.4, -0.2) is 45.2 Å². The summed E-state index contributed by atoms with van der Waals surface area (Å²) >= 11 is 0. The largest absolute Gasteiger partial charge is 0.490 e. The Balaban J connectivity index is 1.82. The van der Waals surface area contributed by atoms with E-state index >= 15 is 0 Å². The molecule has 0 aliphatic carbocycles. The van der Waals surface area contributed by atoms with Crippen LogP contribution < -0.4 is 19.2 Å². The van der Waals surface area contributed by atoms with Gasteiger partial charge in [-0.25, -0.2) is 13.8 Å². The molecule has 0 atom stereocenters. The maximum atomic E-state index is 13.4. The number of rotatable bonds is 13. The Morgan fingerprint density at radius 1 is 1.08 bits per heavy atom. The highest BCUT2D eigenvalue weighted by molar-refractivity contribution is 7.92. The first kappa shape index (κ1) is 27.9. The fraction of sp³-hybridized carbons (Fsp3) is 0.154. The van der Waals surface area contributed by atoms with E-state index in [4.69, 9.17) is 9.47 Å². The SMILES string of the molecule is C=CCOc1ccc(/C=N\NC(=O)CN(c2cccc([N+](=O)[O-])c2)S(=O)(=O)c2ccccc2)cc1OCC. The Kier molecular flexibility index (Phi) is 9.54. The van der Waals surface area contributed by atoms with Crippen molar-refractivity contribution in [2.45, 2.75) is 11.8 Å². The topological polar surface area (TPSA) is 140 Å². The zero-order valence-electron chi connectivity index (χ0n) is 20.5. The lowest BCUT2D eigenvalue weighted by Crippen LogP contribution is -2.39. The van der Waals surface area contributed by atoms with Crippen molar-refractivity contribution in [3.63, 3.8) is 0 Å². The molecule has 0 aliphatic rings. The molecular formula is C26H26N4O7S. The highest BCUT2D eigenvalue weighted by atomic mass is 32.2. The number of ether oxygens (including phenoxy) is 2. The van der Waals surface area contributed by atoms with Gasteiger partial charge in [-0.2, -0.15) is 5.10 Å². The number of benzene rings is 3. The Bertz CT molecular complexity index is 1430. The number of nitro benzene ring substituents is 1. The molecule has 0 radical (unpaired) electrons. The maximum Gasteiger partial charge on any atom is 0.271 e. The van der Waals surface area contributed by atoms with Gasteiger partial charge < -0.3 is 9.47 Å². The minimum absolute atomic E-state index is 0.0429. The van der Waals surface area contributed by atoms with Crippen LogP contribution in [0.4, 0.5) is 11.4 Å². The van der Waals surface area contributed by atoms with Gasteiger partial charge in [0.15, 0.2) is 11.5 Å². The van der Waals surface area contributed by atoms with E-state index < -0.39 is 27.4 Å². The first-order valence-corrected chi connectivity index (χ1v) is 12.8. The van der Waals surface area contributed by atoms with Gasteiger partial charge in [-0.1, -0.05) is 36.9 Å². The van der Waals surface area contributed by atoms with Crippen LogP contribution in [0.2, 0.25) is 0 Å². The molecule has 0 spiro atoms. The lowest BCUT2D eigenvalue weighted by atomic mass is 10.2. The third-order valence-electron chi connectivity index (χ3n) is 4.97. The van der Waals surface area contributed by atoms with Crippen molar-refractivity contribution >= 4 is 33.5 Å². The standard InChI is InChI=1S/C26H26N4O7S/c1-3-15-37-24-14-13-20(16-25(24)36-4-2)18-27-28-26(31)19-29(21-9-8-10-22(17-21)30(32)33)38(34,35)23-11-6-5-7-12-23/h3,5-14,16-18H,1,4,15,19H2,2H3,(H,28,31)/b27-18-. The van der Waals surface area contributed by atoms with Crippen molar-refractivity contribution in [2.75, 3.05) is 24.1 Å². The number of non-ortho nitro benzene ring substituents is 1. The number of carbonyl (C=O) groups excluding carboxylic acids is 1. The molecule has 0 aliphatic heterocycles. The third-order valence-corrected chi connectivity index (χ3v) is 6.76. The molecule has 12 heteroatoms. The summed E-state index contributed by atoms with van der Waals surface area (Å²) in [5, 5.41) is 15.2. The molecule has 0 fully saturated rings. The number of sulfonamides is 1. The van der Waals surface area contributed by atoms with Crippen LogP contribution in [0.25, 0.3) is 0 Å². The van der Waals surface area contributed by atoms with E-state index in [2.05, 4.69) is 17.1 Å². The van der Waals surface area contributed by atoms with Crippen LogP contribution >= 0.6 is 0 Å². The highest BCUT2D eigenvalue weighted by Crippen LogP contribution is 2.28.